The third-order valence-corrected chi connectivity index (χ3v) is 11.8. The van der Waals surface area contributed by atoms with Crippen LogP contribution in [0.1, 0.15) is 84.5 Å². The van der Waals surface area contributed by atoms with Gasteiger partial charge in [0, 0.05) is 34.9 Å². The summed E-state index contributed by atoms with van der Waals surface area (Å²) in [7, 11) is 6.16. The number of benzene rings is 2. The van der Waals surface area contributed by atoms with Gasteiger partial charge in [0.15, 0.2) is 0 Å². The van der Waals surface area contributed by atoms with Crippen LogP contribution >= 0.6 is 0 Å². The maximum Gasteiger partial charge on any atom is 0.410 e. The molecule has 1 aliphatic rings. The van der Waals surface area contributed by atoms with E-state index in [1.807, 2.05) is 32.0 Å². The maximum absolute atomic E-state index is 14.2. The van der Waals surface area contributed by atoms with Crippen molar-refractivity contribution >= 4 is 41.7 Å². The smallest absolute Gasteiger partial charge is 0.410 e. The predicted octanol–water partition coefficient (Wildman–Crippen LogP) is 4.17. The Hall–Kier alpha value is -5.06. The monoisotopic (exact) mass is 852 g/mol. The summed E-state index contributed by atoms with van der Waals surface area (Å²) in [6, 6.07) is 13.7. The first kappa shape index (κ1) is 50.3. The second-order valence-corrected chi connectivity index (χ2v) is 16.3. The number of aliphatic hydroxyl groups excluding tert-OH is 1. The molecular weight excluding hydrogens is 783 g/mol. The number of aliphatic imine (C=N–C) groups is 1. The first-order valence-electron chi connectivity index (χ1n) is 21.2. The van der Waals surface area contributed by atoms with E-state index in [1.54, 1.807) is 76.0 Å². The van der Waals surface area contributed by atoms with Crippen LogP contribution in [0, 0.1) is 17.8 Å². The van der Waals surface area contributed by atoms with E-state index in [-0.39, 0.29) is 49.3 Å². The van der Waals surface area contributed by atoms with Gasteiger partial charge in [-0.15, -0.1) is 0 Å². The van der Waals surface area contributed by atoms with Crippen LogP contribution in [0.25, 0.3) is 0 Å². The largest absolute Gasteiger partial charge is 0.445 e. The van der Waals surface area contributed by atoms with Crippen LogP contribution in [-0.4, -0.2) is 134 Å². The Kier molecular flexibility index (Phi) is 20.1. The molecule has 1 fully saturated rings. The standard InChI is InChI=1S/C45H69N7O9/c1-11-29(4)40(50(7)38(54)25-47-44(57)39(28(2)3)51(8)45(58)61-26-32-19-21-34(22-20-32)48-27-46)36(59-9)24-37(53)52-23-15-18-35(52)42(60-10)30(5)43(56)49-31(6)41(55)33-16-13-12-14-17-33/h12-14,16-17,19-22,27-31,35-36,39-42,55H,11,15,18,23-26H2,1-10H3,(H2,46,48)(H,47,57)(H,49,56)/t29-,30+,31+,35-,36+,39?,40-,41+,42+/m0/s1. The fraction of sp³-hybridized carbons (Fsp3) is 0.600. The fourth-order valence-corrected chi connectivity index (χ4v) is 8.14. The predicted molar refractivity (Wildman–Crippen MR) is 233 cm³/mol. The van der Waals surface area contributed by atoms with Crippen molar-refractivity contribution in [1.82, 2.24) is 25.3 Å². The normalized spacial score (nSPS) is 18.0. The van der Waals surface area contributed by atoms with Gasteiger partial charge < -0.3 is 45.5 Å². The van der Waals surface area contributed by atoms with Crippen molar-refractivity contribution in [2.45, 2.75) is 116 Å². The molecule has 1 heterocycles. The van der Waals surface area contributed by atoms with Crippen LogP contribution in [0.2, 0.25) is 0 Å². The van der Waals surface area contributed by atoms with Gasteiger partial charge in [0.1, 0.15) is 12.6 Å². The first-order valence-corrected chi connectivity index (χ1v) is 21.2. The summed E-state index contributed by atoms with van der Waals surface area (Å²) in [5, 5.41) is 16.5. The SMILES string of the molecule is CC[C@H](C)[C@@H]([C@@H](CC(=O)N1CCC[C@H]1[C@H](OC)[C@@H](C)C(=O)N[C@H](C)[C@@H](O)c1ccccc1)OC)N(C)C(=O)CNC(=O)C(C(C)C)N(C)C(=O)OCc1ccc(N=CN)cc1. The number of methoxy groups -OCH3 is 2. The summed E-state index contributed by atoms with van der Waals surface area (Å²) < 4.78 is 17.3. The number of nitrogens with two attached hydrogens (primary N) is 1. The summed E-state index contributed by atoms with van der Waals surface area (Å²) >= 11 is 0. The molecule has 5 N–H and O–H groups in total. The number of carbonyl (C=O) groups excluding carboxylic acids is 5. The minimum Gasteiger partial charge on any atom is -0.445 e. The van der Waals surface area contributed by atoms with Gasteiger partial charge >= 0.3 is 6.09 Å². The van der Waals surface area contributed by atoms with E-state index < -0.39 is 60.3 Å². The third-order valence-electron chi connectivity index (χ3n) is 11.8. The zero-order chi connectivity index (χ0) is 45.4. The van der Waals surface area contributed by atoms with E-state index in [0.29, 0.717) is 30.6 Å². The van der Waals surface area contributed by atoms with Crippen LogP contribution in [0.4, 0.5) is 10.5 Å². The van der Waals surface area contributed by atoms with Crippen LogP contribution in [0.15, 0.2) is 59.6 Å². The highest BCUT2D eigenvalue weighted by Gasteiger charge is 2.42. The number of ether oxygens (including phenoxy) is 3. The Morgan fingerprint density at radius 1 is 0.951 bits per heavy atom. The highest BCUT2D eigenvalue weighted by atomic mass is 16.6. The molecule has 338 valence electrons. The van der Waals surface area contributed by atoms with E-state index >= 15 is 0 Å². The molecule has 0 bridgehead atoms. The summed E-state index contributed by atoms with van der Waals surface area (Å²) in [5.74, 6) is -2.43. The molecule has 9 atom stereocenters. The zero-order valence-electron chi connectivity index (χ0n) is 37.6. The molecule has 61 heavy (non-hydrogen) atoms. The highest BCUT2D eigenvalue weighted by Crippen LogP contribution is 2.30. The lowest BCUT2D eigenvalue weighted by Crippen LogP contribution is -2.56. The van der Waals surface area contributed by atoms with Crippen molar-refractivity contribution < 1.29 is 43.3 Å². The number of aliphatic hydroxyl groups is 1. The van der Waals surface area contributed by atoms with Gasteiger partial charge in [-0.05, 0) is 54.9 Å². The van der Waals surface area contributed by atoms with E-state index in [9.17, 15) is 29.1 Å². The van der Waals surface area contributed by atoms with Crippen molar-refractivity contribution in [3.05, 3.63) is 65.7 Å². The lowest BCUT2D eigenvalue weighted by Gasteiger charge is -2.39. The van der Waals surface area contributed by atoms with Gasteiger partial charge in [0.25, 0.3) is 0 Å². The molecular formula is C45H69N7O9. The van der Waals surface area contributed by atoms with E-state index in [0.717, 1.165) is 12.0 Å². The van der Waals surface area contributed by atoms with Crippen molar-refractivity contribution in [3.63, 3.8) is 0 Å². The van der Waals surface area contributed by atoms with Gasteiger partial charge in [0.2, 0.25) is 23.6 Å². The average Bonchev–Trinajstić information content (AvgIpc) is 3.74. The molecule has 1 unspecified atom stereocenters. The Morgan fingerprint density at radius 3 is 2.18 bits per heavy atom. The van der Waals surface area contributed by atoms with Gasteiger partial charge in [-0.25, -0.2) is 9.79 Å². The molecule has 5 amide bonds. The number of carbonyl (C=O) groups is 5. The van der Waals surface area contributed by atoms with Crippen LogP contribution in [-0.2, 0) is 40.0 Å². The molecule has 2 aromatic rings. The molecule has 0 saturated carbocycles. The van der Waals surface area contributed by atoms with E-state index in [2.05, 4.69) is 15.6 Å². The molecule has 0 aromatic heterocycles. The minimum absolute atomic E-state index is 0.0198. The lowest BCUT2D eigenvalue weighted by atomic mass is 9.90. The highest BCUT2D eigenvalue weighted by molar-refractivity contribution is 5.89. The van der Waals surface area contributed by atoms with Gasteiger partial charge in [-0.2, -0.15) is 0 Å². The third kappa shape index (κ3) is 13.7. The van der Waals surface area contributed by atoms with Crippen LogP contribution < -0.4 is 16.4 Å². The van der Waals surface area contributed by atoms with E-state index in [4.69, 9.17) is 19.9 Å². The summed E-state index contributed by atoms with van der Waals surface area (Å²) in [6.45, 7) is 11.2. The summed E-state index contributed by atoms with van der Waals surface area (Å²) in [5.41, 5.74) is 7.41. The average molecular weight is 852 g/mol. The number of amides is 5. The van der Waals surface area contributed by atoms with Gasteiger partial charge in [-0.3, -0.25) is 24.1 Å². The molecule has 0 radical (unpaired) electrons. The van der Waals surface area contributed by atoms with Crippen molar-refractivity contribution in [2.24, 2.45) is 28.5 Å². The molecule has 0 aliphatic carbocycles. The Labute approximate surface area is 361 Å². The number of likely N-dealkylation sites (N-methyl/N-ethyl adjacent to an activating group) is 2. The number of likely N-dealkylation sites (tertiary alicyclic amines) is 1. The molecule has 1 saturated heterocycles. The van der Waals surface area contributed by atoms with Gasteiger partial charge in [-0.1, -0.05) is 83.5 Å². The van der Waals surface area contributed by atoms with E-state index in [1.165, 1.54) is 37.4 Å². The van der Waals surface area contributed by atoms with Crippen molar-refractivity contribution in [1.29, 1.82) is 0 Å². The topological polar surface area (TPSA) is 205 Å². The minimum atomic E-state index is -0.927. The second kappa shape index (κ2) is 24.4. The zero-order valence-corrected chi connectivity index (χ0v) is 37.6. The van der Waals surface area contributed by atoms with Gasteiger partial charge in [0.05, 0.1) is 67.3 Å². The number of hydrogen-bond donors (Lipinski definition) is 4. The molecule has 16 heteroatoms. The first-order chi connectivity index (χ1) is 29.0. The molecule has 0 spiro atoms. The van der Waals surface area contributed by atoms with Crippen molar-refractivity contribution in [3.8, 4) is 0 Å². The molecule has 2 aromatic carbocycles. The molecule has 1 aliphatic heterocycles. The lowest BCUT2D eigenvalue weighted by molar-refractivity contribution is -0.146. The molecule has 3 rings (SSSR count). The summed E-state index contributed by atoms with van der Waals surface area (Å²) in [6.07, 6.45) is 0.295. The summed E-state index contributed by atoms with van der Waals surface area (Å²) in [4.78, 5) is 76.5. The Morgan fingerprint density at radius 2 is 1.61 bits per heavy atom. The second-order valence-electron chi connectivity index (χ2n) is 16.3. The maximum atomic E-state index is 14.2. The number of rotatable bonds is 22. The Bertz CT molecular complexity index is 1750. The fourth-order valence-electron chi connectivity index (χ4n) is 8.14. The molecule has 16 nitrogen and oxygen atoms in total. The number of nitrogens with zero attached hydrogens (tertiary/aromatic N) is 4. The quantitative estimate of drug-likeness (QED) is 0.0983. The van der Waals surface area contributed by atoms with Crippen molar-refractivity contribution in [2.75, 3.05) is 41.4 Å². The van der Waals surface area contributed by atoms with Crippen LogP contribution in [0.5, 0.6) is 0 Å². The number of nitrogens with one attached hydrogen (secondary N) is 2. The number of hydrogen-bond acceptors (Lipinski definition) is 10. The van der Waals surface area contributed by atoms with Crippen LogP contribution in [0.3, 0.4) is 0 Å². The Balaban J connectivity index is 1.65.